The van der Waals surface area contributed by atoms with Crippen molar-refractivity contribution in [2.75, 3.05) is 12.4 Å². The molecule has 0 unspecified atom stereocenters. The minimum Gasteiger partial charge on any atom is -0.496 e. The van der Waals surface area contributed by atoms with Gasteiger partial charge in [-0.05, 0) is 44.2 Å². The van der Waals surface area contributed by atoms with Gasteiger partial charge in [-0.3, -0.25) is 4.79 Å². The van der Waals surface area contributed by atoms with Crippen LogP contribution >= 0.6 is 11.6 Å². The second kappa shape index (κ2) is 8.31. The molecule has 0 aliphatic heterocycles. The molecule has 3 rings (SSSR count). The number of benzene rings is 2. The monoisotopic (exact) mass is 403 g/mol. The number of ether oxygens (including phenoxy) is 2. The first kappa shape index (κ1) is 19.7. The number of nitrogens with one attached hydrogen (secondary N) is 1. The van der Waals surface area contributed by atoms with Crippen LogP contribution in [-0.2, 0) is 6.73 Å². The Bertz CT molecular complexity index is 1020. The highest BCUT2D eigenvalue weighted by atomic mass is 35.5. The third kappa shape index (κ3) is 4.26. The molecule has 0 atom stereocenters. The lowest BCUT2D eigenvalue weighted by atomic mass is 10.1. The number of hydrogen-bond acceptors (Lipinski definition) is 4. The number of amides is 1. The Balaban J connectivity index is 1.78. The van der Waals surface area contributed by atoms with E-state index in [4.69, 9.17) is 21.1 Å². The number of carbonyl (C=O) groups is 1. The number of nitrogens with zero attached hydrogens (tertiary/aromatic N) is 2. The van der Waals surface area contributed by atoms with Gasteiger partial charge in [0.2, 0.25) is 0 Å². The molecule has 8 heteroatoms. The number of aromatic nitrogens is 2. The minimum absolute atomic E-state index is 0.0759. The fourth-order valence-electron chi connectivity index (χ4n) is 2.73. The number of methoxy groups -OCH3 is 1. The molecule has 0 radical (unpaired) electrons. The summed E-state index contributed by atoms with van der Waals surface area (Å²) in [5, 5.41) is 7.66. The van der Waals surface area contributed by atoms with E-state index in [0.717, 1.165) is 0 Å². The first-order valence-corrected chi connectivity index (χ1v) is 8.84. The molecule has 3 aromatic rings. The van der Waals surface area contributed by atoms with Gasteiger partial charge in [-0.15, -0.1) is 0 Å². The van der Waals surface area contributed by atoms with E-state index in [-0.39, 0.29) is 18.5 Å². The van der Waals surface area contributed by atoms with Crippen molar-refractivity contribution in [3.63, 3.8) is 0 Å². The van der Waals surface area contributed by atoms with Crippen molar-refractivity contribution in [3.8, 4) is 11.5 Å². The first-order chi connectivity index (χ1) is 13.4. The lowest BCUT2D eigenvalue weighted by molar-refractivity contribution is 0.102. The maximum absolute atomic E-state index is 13.3. The zero-order valence-electron chi connectivity index (χ0n) is 15.6. The summed E-state index contributed by atoms with van der Waals surface area (Å²) in [5.41, 5.74) is 2.20. The van der Waals surface area contributed by atoms with Gasteiger partial charge < -0.3 is 14.8 Å². The lowest BCUT2D eigenvalue weighted by Gasteiger charge is -2.11. The van der Waals surface area contributed by atoms with Crippen LogP contribution in [0.3, 0.4) is 0 Å². The molecule has 28 heavy (non-hydrogen) atoms. The highest BCUT2D eigenvalue weighted by Gasteiger charge is 2.18. The Morgan fingerprint density at radius 3 is 2.75 bits per heavy atom. The molecule has 2 aromatic carbocycles. The van der Waals surface area contributed by atoms with Crippen molar-refractivity contribution < 1.29 is 18.7 Å². The van der Waals surface area contributed by atoms with Crippen LogP contribution in [0.5, 0.6) is 11.5 Å². The molecular weight excluding hydrogens is 385 g/mol. The zero-order valence-corrected chi connectivity index (χ0v) is 16.4. The van der Waals surface area contributed by atoms with Crippen LogP contribution < -0.4 is 14.8 Å². The molecular formula is C20H19ClFN3O3. The second-order valence-electron chi connectivity index (χ2n) is 6.07. The number of halogens is 2. The molecule has 1 heterocycles. The summed E-state index contributed by atoms with van der Waals surface area (Å²) in [6.45, 7) is 3.66. The number of hydrogen-bond donors (Lipinski definition) is 1. The maximum atomic E-state index is 13.3. The predicted octanol–water partition coefficient (Wildman–Crippen LogP) is 4.59. The van der Waals surface area contributed by atoms with Crippen LogP contribution in [0.2, 0.25) is 5.02 Å². The van der Waals surface area contributed by atoms with Crippen molar-refractivity contribution >= 4 is 23.2 Å². The van der Waals surface area contributed by atoms with E-state index < -0.39 is 0 Å². The molecule has 0 bridgehead atoms. The van der Waals surface area contributed by atoms with Gasteiger partial charge in [0.05, 0.1) is 29.7 Å². The van der Waals surface area contributed by atoms with Crippen molar-refractivity contribution in [1.82, 2.24) is 9.78 Å². The molecule has 146 valence electrons. The van der Waals surface area contributed by atoms with Crippen molar-refractivity contribution in [2.45, 2.75) is 20.6 Å². The normalized spacial score (nSPS) is 10.6. The van der Waals surface area contributed by atoms with Crippen molar-refractivity contribution in [2.24, 2.45) is 0 Å². The number of carbonyl (C=O) groups excluding carboxylic acids is 1. The van der Waals surface area contributed by atoms with Crippen LogP contribution in [-0.4, -0.2) is 22.8 Å². The molecule has 1 N–H and O–H groups in total. The van der Waals surface area contributed by atoms with E-state index in [1.54, 1.807) is 42.8 Å². The van der Waals surface area contributed by atoms with Gasteiger partial charge in [0.25, 0.3) is 5.91 Å². The largest absolute Gasteiger partial charge is 0.496 e. The highest BCUT2D eigenvalue weighted by Crippen LogP contribution is 2.26. The Morgan fingerprint density at radius 1 is 1.25 bits per heavy atom. The van der Waals surface area contributed by atoms with Gasteiger partial charge >= 0.3 is 0 Å². The molecule has 1 aromatic heterocycles. The van der Waals surface area contributed by atoms with Gasteiger partial charge in [0.1, 0.15) is 17.3 Å². The van der Waals surface area contributed by atoms with Crippen molar-refractivity contribution in [1.29, 1.82) is 0 Å². The summed E-state index contributed by atoms with van der Waals surface area (Å²) in [5.74, 6) is 0.0614. The van der Waals surface area contributed by atoms with E-state index in [2.05, 4.69) is 10.4 Å². The quantitative estimate of drug-likeness (QED) is 0.653. The first-order valence-electron chi connectivity index (χ1n) is 8.46. The van der Waals surface area contributed by atoms with Gasteiger partial charge in [0, 0.05) is 11.1 Å². The zero-order chi connectivity index (χ0) is 20.3. The summed E-state index contributed by atoms with van der Waals surface area (Å²) in [6, 6.07) is 10.7. The van der Waals surface area contributed by atoms with Crippen molar-refractivity contribution in [3.05, 3.63) is 70.3 Å². The second-order valence-corrected chi connectivity index (χ2v) is 6.51. The van der Waals surface area contributed by atoms with E-state index in [9.17, 15) is 9.18 Å². The van der Waals surface area contributed by atoms with E-state index >= 15 is 0 Å². The molecule has 1 amide bonds. The van der Waals surface area contributed by atoms with E-state index in [1.165, 1.54) is 25.3 Å². The molecule has 0 aliphatic rings. The minimum atomic E-state index is -0.380. The summed E-state index contributed by atoms with van der Waals surface area (Å²) >= 11 is 6.00. The molecule has 0 spiro atoms. The van der Waals surface area contributed by atoms with Gasteiger partial charge in [0.15, 0.2) is 6.73 Å². The Kier molecular flexibility index (Phi) is 5.84. The van der Waals surface area contributed by atoms with Crippen LogP contribution in [0.1, 0.15) is 21.7 Å². The topological polar surface area (TPSA) is 65.4 Å². The van der Waals surface area contributed by atoms with Crippen LogP contribution in [0.15, 0.2) is 42.5 Å². The molecule has 0 aliphatic carbocycles. The Hall–Kier alpha value is -3.06. The third-order valence-electron chi connectivity index (χ3n) is 4.18. The fraction of sp³-hybridized carbons (Fsp3) is 0.200. The Labute approximate surface area is 166 Å². The average Bonchev–Trinajstić information content (AvgIpc) is 2.94. The molecule has 6 nitrogen and oxygen atoms in total. The fourth-order valence-corrected chi connectivity index (χ4v) is 2.91. The summed E-state index contributed by atoms with van der Waals surface area (Å²) < 4.78 is 25.7. The number of rotatable bonds is 6. The van der Waals surface area contributed by atoms with Crippen LogP contribution in [0, 0.1) is 19.7 Å². The molecule has 0 saturated heterocycles. The van der Waals surface area contributed by atoms with E-state index in [0.29, 0.717) is 39.2 Å². The lowest BCUT2D eigenvalue weighted by Crippen LogP contribution is -2.15. The predicted molar refractivity (Wildman–Crippen MR) is 105 cm³/mol. The summed E-state index contributed by atoms with van der Waals surface area (Å²) in [6.07, 6.45) is 0. The van der Waals surface area contributed by atoms with Gasteiger partial charge in [-0.25, -0.2) is 9.07 Å². The smallest absolute Gasteiger partial charge is 0.259 e. The van der Waals surface area contributed by atoms with Crippen LogP contribution in [0.4, 0.5) is 10.1 Å². The van der Waals surface area contributed by atoms with Gasteiger partial charge in [-0.1, -0.05) is 17.7 Å². The SMILES string of the molecule is COc1ccc(Cl)cc1C(=O)Nc1c(C)nn(COc2cccc(F)c2)c1C. The number of aryl methyl sites for hydroxylation is 1. The third-order valence-corrected chi connectivity index (χ3v) is 4.41. The number of anilines is 1. The summed E-state index contributed by atoms with van der Waals surface area (Å²) in [7, 11) is 1.48. The molecule has 0 fully saturated rings. The van der Waals surface area contributed by atoms with E-state index in [1.807, 2.05) is 0 Å². The molecule has 0 saturated carbocycles. The maximum Gasteiger partial charge on any atom is 0.259 e. The Morgan fingerprint density at radius 2 is 2.04 bits per heavy atom. The van der Waals surface area contributed by atoms with Crippen LogP contribution in [0.25, 0.3) is 0 Å². The summed E-state index contributed by atoms with van der Waals surface area (Å²) in [4.78, 5) is 12.7. The standard InChI is InChI=1S/C20H19ClFN3O3/c1-12-19(23-20(26)17-9-14(21)7-8-18(17)27-3)13(2)25(24-12)11-28-16-6-4-5-15(22)10-16/h4-10H,11H2,1-3H3,(H,23,26). The van der Waals surface area contributed by atoms with Gasteiger partial charge in [-0.2, -0.15) is 5.10 Å². The average molecular weight is 404 g/mol. The highest BCUT2D eigenvalue weighted by molar-refractivity contribution is 6.31.